The zero-order valence-electron chi connectivity index (χ0n) is 10.0. The van der Waals surface area contributed by atoms with Crippen molar-refractivity contribution < 1.29 is 18.3 Å². The predicted molar refractivity (Wildman–Crippen MR) is 63.6 cm³/mol. The Kier molecular flexibility index (Phi) is 3.03. The van der Waals surface area contributed by atoms with Gasteiger partial charge in [0.25, 0.3) is 0 Å². The van der Waals surface area contributed by atoms with Crippen molar-refractivity contribution in [1.29, 1.82) is 0 Å². The van der Waals surface area contributed by atoms with Crippen LogP contribution in [0.15, 0.2) is 36.1 Å². The minimum absolute atomic E-state index is 0.118. The fraction of sp³-hybridized carbons (Fsp3) is 0.214. The molecule has 1 aliphatic heterocycles. The first-order valence-corrected chi connectivity index (χ1v) is 5.47. The highest BCUT2D eigenvalue weighted by atomic mass is 19.2. The molecule has 1 aliphatic rings. The van der Waals surface area contributed by atoms with Gasteiger partial charge in [-0.2, -0.15) is 0 Å². The zero-order valence-corrected chi connectivity index (χ0v) is 10.0. The van der Waals surface area contributed by atoms with Crippen LogP contribution in [-0.2, 0) is 9.53 Å². The van der Waals surface area contributed by atoms with E-state index in [-0.39, 0.29) is 5.78 Å². The van der Waals surface area contributed by atoms with Crippen molar-refractivity contribution in [2.45, 2.75) is 19.4 Å². The first kappa shape index (κ1) is 12.5. The van der Waals surface area contributed by atoms with Crippen LogP contribution in [0.5, 0.6) is 0 Å². The number of ketones is 1. The fourth-order valence-corrected chi connectivity index (χ4v) is 1.55. The maximum absolute atomic E-state index is 13.0. The van der Waals surface area contributed by atoms with Crippen LogP contribution in [-0.4, -0.2) is 11.4 Å². The van der Waals surface area contributed by atoms with E-state index in [1.807, 2.05) is 0 Å². The fourth-order valence-electron chi connectivity index (χ4n) is 1.55. The standard InChI is InChI=1S/C14H12F2O2/c1-14(2)13(17)8-10(18-14)5-3-9-4-6-11(15)12(16)7-9/h3-8H,1-2H3. The smallest absolute Gasteiger partial charge is 0.202 e. The summed E-state index contributed by atoms with van der Waals surface area (Å²) in [6.07, 6.45) is 4.50. The van der Waals surface area contributed by atoms with Crippen molar-refractivity contribution in [3.05, 3.63) is 53.3 Å². The van der Waals surface area contributed by atoms with Crippen LogP contribution >= 0.6 is 0 Å². The molecule has 1 heterocycles. The molecule has 4 heteroatoms. The molecule has 0 saturated heterocycles. The Balaban J connectivity index is 2.15. The Morgan fingerprint density at radius 3 is 2.44 bits per heavy atom. The van der Waals surface area contributed by atoms with Gasteiger partial charge in [0.1, 0.15) is 5.76 Å². The van der Waals surface area contributed by atoms with E-state index in [2.05, 4.69) is 0 Å². The quantitative estimate of drug-likeness (QED) is 0.805. The lowest BCUT2D eigenvalue weighted by Crippen LogP contribution is -2.27. The van der Waals surface area contributed by atoms with Crippen molar-refractivity contribution >= 4 is 11.9 Å². The molecule has 0 atom stereocenters. The molecular weight excluding hydrogens is 238 g/mol. The third kappa shape index (κ3) is 2.47. The molecule has 0 unspecified atom stereocenters. The van der Waals surface area contributed by atoms with Gasteiger partial charge in [-0.25, -0.2) is 8.78 Å². The van der Waals surface area contributed by atoms with E-state index in [0.29, 0.717) is 11.3 Å². The molecule has 1 aromatic carbocycles. The number of hydrogen-bond acceptors (Lipinski definition) is 2. The average molecular weight is 250 g/mol. The van der Waals surface area contributed by atoms with Crippen LogP contribution < -0.4 is 0 Å². The van der Waals surface area contributed by atoms with Gasteiger partial charge in [-0.05, 0) is 37.6 Å². The third-order valence-electron chi connectivity index (χ3n) is 2.62. The Morgan fingerprint density at radius 1 is 1.17 bits per heavy atom. The number of carbonyl (C=O) groups is 1. The van der Waals surface area contributed by atoms with Crippen molar-refractivity contribution in [1.82, 2.24) is 0 Å². The SMILES string of the molecule is CC1(C)OC(C=Cc2ccc(F)c(F)c2)=CC1=O. The van der Waals surface area contributed by atoms with Crippen molar-refractivity contribution in [3.8, 4) is 0 Å². The van der Waals surface area contributed by atoms with Crippen LogP contribution in [0.2, 0.25) is 0 Å². The molecule has 0 N–H and O–H groups in total. The van der Waals surface area contributed by atoms with E-state index in [1.54, 1.807) is 26.0 Å². The summed E-state index contributed by atoms with van der Waals surface area (Å²) in [4.78, 5) is 11.5. The lowest BCUT2D eigenvalue weighted by Gasteiger charge is -2.16. The molecule has 0 aromatic heterocycles. The van der Waals surface area contributed by atoms with Crippen LogP contribution in [0.1, 0.15) is 19.4 Å². The van der Waals surface area contributed by atoms with Gasteiger partial charge in [0.05, 0.1) is 0 Å². The molecule has 0 spiro atoms. The largest absolute Gasteiger partial charge is 0.480 e. The molecule has 18 heavy (non-hydrogen) atoms. The first-order valence-electron chi connectivity index (χ1n) is 5.47. The number of allylic oxidation sites excluding steroid dienone is 1. The summed E-state index contributed by atoms with van der Waals surface area (Å²) in [7, 11) is 0. The number of rotatable bonds is 2. The summed E-state index contributed by atoms with van der Waals surface area (Å²) < 4.78 is 31.1. The molecule has 1 aromatic rings. The van der Waals surface area contributed by atoms with E-state index < -0.39 is 17.2 Å². The third-order valence-corrected chi connectivity index (χ3v) is 2.62. The Labute approximate surface area is 104 Å². The van der Waals surface area contributed by atoms with Gasteiger partial charge in [0, 0.05) is 6.08 Å². The second kappa shape index (κ2) is 4.37. The number of carbonyl (C=O) groups excluding carboxylic acids is 1. The molecular formula is C14H12F2O2. The normalized spacial score (nSPS) is 18.0. The second-order valence-electron chi connectivity index (χ2n) is 4.53. The first-order chi connectivity index (χ1) is 8.38. The van der Waals surface area contributed by atoms with E-state index in [1.165, 1.54) is 12.1 Å². The lowest BCUT2D eigenvalue weighted by atomic mass is 10.1. The monoisotopic (exact) mass is 250 g/mol. The molecule has 0 fully saturated rings. The molecule has 2 nitrogen and oxygen atoms in total. The highest BCUT2D eigenvalue weighted by Gasteiger charge is 2.33. The van der Waals surface area contributed by atoms with Crippen molar-refractivity contribution in [2.75, 3.05) is 0 Å². The molecule has 0 radical (unpaired) electrons. The van der Waals surface area contributed by atoms with E-state index >= 15 is 0 Å². The van der Waals surface area contributed by atoms with Crippen molar-refractivity contribution in [3.63, 3.8) is 0 Å². The zero-order chi connectivity index (χ0) is 13.3. The van der Waals surface area contributed by atoms with Crippen LogP contribution in [0.3, 0.4) is 0 Å². The van der Waals surface area contributed by atoms with Crippen LogP contribution in [0, 0.1) is 11.6 Å². The minimum Gasteiger partial charge on any atom is -0.480 e. The van der Waals surface area contributed by atoms with Gasteiger partial charge in [0.15, 0.2) is 17.2 Å². The number of ether oxygens (including phenoxy) is 1. The highest BCUT2D eigenvalue weighted by molar-refractivity contribution is 5.99. The molecule has 94 valence electrons. The van der Waals surface area contributed by atoms with Gasteiger partial charge in [-0.1, -0.05) is 12.1 Å². The Morgan fingerprint density at radius 2 is 1.89 bits per heavy atom. The highest BCUT2D eigenvalue weighted by Crippen LogP contribution is 2.25. The van der Waals surface area contributed by atoms with Gasteiger partial charge in [-0.3, -0.25) is 4.79 Å². The average Bonchev–Trinajstić information content (AvgIpc) is 2.55. The van der Waals surface area contributed by atoms with E-state index in [4.69, 9.17) is 4.74 Å². The predicted octanol–water partition coefficient (Wildman–Crippen LogP) is 3.24. The van der Waals surface area contributed by atoms with Gasteiger partial charge >= 0.3 is 0 Å². The van der Waals surface area contributed by atoms with Crippen molar-refractivity contribution in [2.24, 2.45) is 0 Å². The summed E-state index contributed by atoms with van der Waals surface area (Å²) in [6, 6.07) is 3.57. The Bertz CT molecular complexity index is 557. The molecule has 0 amide bonds. The lowest BCUT2D eigenvalue weighted by molar-refractivity contribution is -0.126. The summed E-state index contributed by atoms with van der Waals surface area (Å²) in [5.74, 6) is -1.50. The van der Waals surface area contributed by atoms with Crippen LogP contribution in [0.25, 0.3) is 6.08 Å². The van der Waals surface area contributed by atoms with Gasteiger partial charge in [0.2, 0.25) is 5.78 Å². The van der Waals surface area contributed by atoms with E-state index in [0.717, 1.165) is 12.1 Å². The molecule has 0 bridgehead atoms. The maximum atomic E-state index is 13.0. The van der Waals surface area contributed by atoms with Crippen LogP contribution in [0.4, 0.5) is 8.78 Å². The molecule has 0 saturated carbocycles. The molecule has 2 rings (SSSR count). The molecule has 0 aliphatic carbocycles. The second-order valence-corrected chi connectivity index (χ2v) is 4.53. The summed E-state index contributed by atoms with van der Waals surface area (Å²) in [6.45, 7) is 3.34. The summed E-state index contributed by atoms with van der Waals surface area (Å²) in [5.41, 5.74) is -0.358. The maximum Gasteiger partial charge on any atom is 0.202 e. The Hall–Kier alpha value is -1.97. The number of halogens is 2. The number of hydrogen-bond donors (Lipinski definition) is 0. The summed E-state index contributed by atoms with van der Waals surface area (Å²) >= 11 is 0. The summed E-state index contributed by atoms with van der Waals surface area (Å²) in [5, 5.41) is 0. The topological polar surface area (TPSA) is 26.3 Å². The van der Waals surface area contributed by atoms with Gasteiger partial charge in [-0.15, -0.1) is 0 Å². The van der Waals surface area contributed by atoms with E-state index in [9.17, 15) is 13.6 Å². The number of benzene rings is 1. The minimum atomic E-state index is -0.908. The van der Waals surface area contributed by atoms with Gasteiger partial charge < -0.3 is 4.74 Å².